The van der Waals surface area contributed by atoms with Gasteiger partial charge >= 0.3 is 0 Å². The van der Waals surface area contributed by atoms with E-state index < -0.39 is 0 Å². The van der Waals surface area contributed by atoms with Crippen molar-refractivity contribution in [3.63, 3.8) is 0 Å². The van der Waals surface area contributed by atoms with E-state index in [1.165, 1.54) is 4.90 Å². The summed E-state index contributed by atoms with van der Waals surface area (Å²) in [6, 6.07) is 19.3. The number of aromatic hydroxyl groups is 1. The number of phenolic OH excluding ortho intramolecular Hbond substituents is 1. The lowest BCUT2D eigenvalue weighted by atomic mass is 10.1. The summed E-state index contributed by atoms with van der Waals surface area (Å²) in [5.41, 5.74) is 2.34. The Hall–Kier alpha value is -3.25. The number of anilines is 1. The van der Waals surface area contributed by atoms with Gasteiger partial charge < -0.3 is 10.0 Å². The summed E-state index contributed by atoms with van der Waals surface area (Å²) in [7, 11) is 0. The molecule has 31 heavy (non-hydrogen) atoms. The molecule has 4 rings (SSSR count). The van der Waals surface area contributed by atoms with Gasteiger partial charge in [0.2, 0.25) is 0 Å². The minimum atomic E-state index is -0.338. The fourth-order valence-corrected chi connectivity index (χ4v) is 4.57. The third kappa shape index (κ3) is 4.30. The van der Waals surface area contributed by atoms with E-state index in [0.717, 1.165) is 46.9 Å². The average Bonchev–Trinajstić information content (AvgIpc) is 3.03. The number of fused-ring (bicyclic) bond motifs is 1. The summed E-state index contributed by atoms with van der Waals surface area (Å²) in [6.45, 7) is 6.01. The van der Waals surface area contributed by atoms with Gasteiger partial charge in [-0.1, -0.05) is 36.4 Å². The molecule has 1 aliphatic heterocycles. The normalized spacial score (nSPS) is 15.3. The second-order valence-electron chi connectivity index (χ2n) is 7.36. The van der Waals surface area contributed by atoms with Crippen LogP contribution >= 0.6 is 11.8 Å². The highest BCUT2D eigenvalue weighted by molar-refractivity contribution is 8.18. The Morgan fingerprint density at radius 3 is 2.42 bits per heavy atom. The molecule has 0 radical (unpaired) electrons. The number of rotatable bonds is 6. The predicted octanol–water partition coefficient (Wildman–Crippen LogP) is 5.63. The zero-order chi connectivity index (χ0) is 22.0. The van der Waals surface area contributed by atoms with Crippen LogP contribution in [0.1, 0.15) is 25.0 Å². The molecule has 1 aliphatic rings. The number of benzene rings is 3. The van der Waals surface area contributed by atoms with Crippen LogP contribution in [0.4, 0.5) is 10.5 Å². The Morgan fingerprint density at radius 2 is 1.71 bits per heavy atom. The summed E-state index contributed by atoms with van der Waals surface area (Å²) in [5.74, 6) is -0.249. The molecule has 5 nitrogen and oxygen atoms in total. The maximum Gasteiger partial charge on any atom is 0.293 e. The molecular weight excluding hydrogens is 408 g/mol. The lowest BCUT2D eigenvalue weighted by Crippen LogP contribution is -2.27. The molecule has 0 saturated carbocycles. The van der Waals surface area contributed by atoms with Gasteiger partial charge in [0, 0.05) is 30.4 Å². The van der Waals surface area contributed by atoms with Gasteiger partial charge in [-0.15, -0.1) is 0 Å². The van der Waals surface area contributed by atoms with Crippen LogP contribution in [-0.4, -0.2) is 34.2 Å². The van der Waals surface area contributed by atoms with Gasteiger partial charge in [0.05, 0.1) is 11.4 Å². The first-order valence-corrected chi connectivity index (χ1v) is 11.1. The maximum atomic E-state index is 12.9. The molecule has 2 amide bonds. The molecule has 1 heterocycles. The number of hydrogen-bond acceptors (Lipinski definition) is 5. The lowest BCUT2D eigenvalue weighted by molar-refractivity contribution is -0.123. The van der Waals surface area contributed by atoms with Gasteiger partial charge in [0.15, 0.2) is 0 Å². The summed E-state index contributed by atoms with van der Waals surface area (Å²) < 4.78 is 0. The quantitative estimate of drug-likeness (QED) is 0.512. The highest BCUT2D eigenvalue weighted by Gasteiger charge is 2.35. The summed E-state index contributed by atoms with van der Waals surface area (Å²) in [4.78, 5) is 29.1. The molecular formula is C25H24N2O3S. The van der Waals surface area contributed by atoms with Crippen molar-refractivity contribution in [1.82, 2.24) is 4.90 Å². The Kier molecular flexibility index (Phi) is 6.00. The summed E-state index contributed by atoms with van der Waals surface area (Å²) in [5, 5.41) is 12.3. The van der Waals surface area contributed by atoms with Gasteiger partial charge in [-0.05, 0) is 66.2 Å². The van der Waals surface area contributed by atoms with Crippen LogP contribution in [-0.2, 0) is 11.3 Å². The Labute approximate surface area is 186 Å². The maximum absolute atomic E-state index is 12.9. The van der Waals surface area contributed by atoms with Crippen molar-refractivity contribution in [2.24, 2.45) is 0 Å². The van der Waals surface area contributed by atoms with Crippen molar-refractivity contribution >= 4 is 45.4 Å². The van der Waals surface area contributed by atoms with Crippen LogP contribution in [0.2, 0.25) is 0 Å². The predicted molar refractivity (Wildman–Crippen MR) is 127 cm³/mol. The Morgan fingerprint density at radius 1 is 0.968 bits per heavy atom. The molecule has 0 bridgehead atoms. The number of carbonyl (C=O) groups excluding carboxylic acids is 2. The number of imide groups is 1. The van der Waals surface area contributed by atoms with Crippen LogP contribution in [0, 0.1) is 0 Å². The minimum Gasteiger partial charge on any atom is -0.507 e. The van der Waals surface area contributed by atoms with Crippen LogP contribution in [0.5, 0.6) is 5.75 Å². The SMILES string of the molecule is CCN(CC)c1ccc(/C=C2\SC(=O)N(Cc3ccc4ccccc4c3)C2=O)c(O)c1. The van der Waals surface area contributed by atoms with Gasteiger partial charge in [0.25, 0.3) is 11.1 Å². The standard InChI is InChI=1S/C25H24N2O3S/c1-3-26(4-2)21-12-11-20(22(28)15-21)14-23-24(29)27(25(30)31-23)16-17-9-10-18-7-5-6-8-19(18)13-17/h5-15,28H,3-4,16H2,1-2H3/b23-14-. The molecule has 6 heteroatoms. The number of hydrogen-bond donors (Lipinski definition) is 1. The van der Waals surface area contributed by atoms with Crippen molar-refractivity contribution in [2.45, 2.75) is 20.4 Å². The van der Waals surface area contributed by atoms with E-state index in [9.17, 15) is 14.7 Å². The van der Waals surface area contributed by atoms with E-state index in [1.54, 1.807) is 18.2 Å². The van der Waals surface area contributed by atoms with Crippen LogP contribution in [0.3, 0.4) is 0 Å². The van der Waals surface area contributed by atoms with Gasteiger partial charge in [0.1, 0.15) is 5.75 Å². The molecule has 3 aromatic carbocycles. The van der Waals surface area contributed by atoms with E-state index in [1.807, 2.05) is 48.5 Å². The molecule has 1 fully saturated rings. The molecule has 1 N–H and O–H groups in total. The molecule has 0 atom stereocenters. The average molecular weight is 433 g/mol. The number of amides is 2. The molecule has 158 valence electrons. The topological polar surface area (TPSA) is 60.9 Å². The van der Waals surface area contributed by atoms with Crippen molar-refractivity contribution < 1.29 is 14.7 Å². The number of carbonyl (C=O) groups is 2. The first-order valence-electron chi connectivity index (χ1n) is 10.3. The first-order chi connectivity index (χ1) is 15.0. The summed E-state index contributed by atoms with van der Waals surface area (Å²) >= 11 is 0.905. The highest BCUT2D eigenvalue weighted by atomic mass is 32.2. The monoisotopic (exact) mass is 432 g/mol. The van der Waals surface area contributed by atoms with Crippen LogP contribution in [0.15, 0.2) is 65.6 Å². The van der Waals surface area contributed by atoms with Crippen LogP contribution < -0.4 is 4.90 Å². The molecule has 0 aliphatic carbocycles. The van der Waals surface area contributed by atoms with Crippen LogP contribution in [0.25, 0.3) is 16.8 Å². The molecule has 0 unspecified atom stereocenters. The van der Waals surface area contributed by atoms with E-state index in [2.05, 4.69) is 18.7 Å². The lowest BCUT2D eigenvalue weighted by Gasteiger charge is -2.21. The first kappa shape index (κ1) is 21.0. The van der Waals surface area contributed by atoms with Crippen molar-refractivity contribution in [1.29, 1.82) is 0 Å². The highest BCUT2D eigenvalue weighted by Crippen LogP contribution is 2.35. The van der Waals surface area contributed by atoms with Gasteiger partial charge in [-0.2, -0.15) is 0 Å². The van der Waals surface area contributed by atoms with Gasteiger partial charge in [-0.25, -0.2) is 0 Å². The number of phenols is 1. The third-order valence-electron chi connectivity index (χ3n) is 5.46. The van der Waals surface area contributed by atoms with E-state index in [-0.39, 0.29) is 23.4 Å². The van der Waals surface area contributed by atoms with Crippen molar-refractivity contribution in [3.05, 3.63) is 76.7 Å². The Balaban J connectivity index is 1.55. The van der Waals surface area contributed by atoms with E-state index in [0.29, 0.717) is 10.5 Å². The number of nitrogens with zero attached hydrogens (tertiary/aromatic N) is 2. The molecule has 3 aromatic rings. The second kappa shape index (κ2) is 8.86. The summed E-state index contributed by atoms with van der Waals surface area (Å²) in [6.07, 6.45) is 1.59. The largest absolute Gasteiger partial charge is 0.507 e. The molecule has 1 saturated heterocycles. The van der Waals surface area contributed by atoms with E-state index >= 15 is 0 Å². The smallest absolute Gasteiger partial charge is 0.293 e. The Bertz CT molecular complexity index is 1180. The van der Waals surface area contributed by atoms with E-state index in [4.69, 9.17) is 0 Å². The molecule has 0 spiro atoms. The second-order valence-corrected chi connectivity index (χ2v) is 8.36. The molecule has 0 aromatic heterocycles. The minimum absolute atomic E-state index is 0.0886. The third-order valence-corrected chi connectivity index (χ3v) is 6.36. The van der Waals surface area contributed by atoms with Crippen molar-refractivity contribution in [2.75, 3.05) is 18.0 Å². The fraction of sp³-hybridized carbons (Fsp3) is 0.200. The van der Waals surface area contributed by atoms with Crippen molar-refractivity contribution in [3.8, 4) is 5.75 Å². The zero-order valence-electron chi connectivity index (χ0n) is 17.5. The number of thioether (sulfide) groups is 1. The zero-order valence-corrected chi connectivity index (χ0v) is 18.4. The fourth-order valence-electron chi connectivity index (χ4n) is 3.74. The van der Waals surface area contributed by atoms with Gasteiger partial charge in [-0.3, -0.25) is 14.5 Å².